The predicted molar refractivity (Wildman–Crippen MR) is 472 cm³/mol. The summed E-state index contributed by atoms with van der Waals surface area (Å²) in [6, 6.07) is 29.6. The van der Waals surface area contributed by atoms with Crippen LogP contribution < -0.4 is 23.6 Å². The Morgan fingerprint density at radius 1 is 0.383 bits per heavy atom. The zero-order chi connectivity index (χ0) is 96.7. The molecule has 0 aliphatic carbocycles. The molecule has 49 heteroatoms. The first-order chi connectivity index (χ1) is 62.4. The number of alkyl halides is 9. The van der Waals surface area contributed by atoms with Crippen LogP contribution in [0.4, 0.5) is 62.3 Å². The van der Waals surface area contributed by atoms with E-state index in [4.69, 9.17) is 74.3 Å². The number of nitrogens with zero attached hydrogens (tertiary/aromatic N) is 9. The number of hydrogen-bond acceptors (Lipinski definition) is 22. The average molecular weight is 2030 g/mol. The highest BCUT2D eigenvalue weighted by Crippen LogP contribution is 2.42. The van der Waals surface area contributed by atoms with Gasteiger partial charge in [0.15, 0.2) is 23.2 Å². The molecule has 0 fully saturated rings. The zero-order valence-electron chi connectivity index (χ0n) is 67.3. The molecule has 133 heavy (non-hydrogen) atoms. The second-order valence-electron chi connectivity index (χ2n) is 28.1. The van der Waals surface area contributed by atoms with Gasteiger partial charge in [0, 0.05) is 116 Å². The number of halogens is 15. The molecule has 0 atom stereocenters. The normalized spacial score (nSPS) is 12.0. The number of anilines is 4. The molecule has 11 heterocycles. The number of H-pyrrole nitrogens is 2. The number of aryl methyl sites for hydroxylation is 3. The van der Waals surface area contributed by atoms with Gasteiger partial charge in [0.25, 0.3) is 40.1 Å². The first-order valence-corrected chi connectivity index (χ1v) is 45.4. The molecule has 0 saturated heterocycles. The number of methoxy groups -OCH3 is 1. The van der Waals surface area contributed by atoms with Crippen molar-refractivity contribution in [1.29, 1.82) is 0 Å². The van der Waals surface area contributed by atoms with Crippen LogP contribution in [-0.4, -0.2) is 129 Å². The van der Waals surface area contributed by atoms with Crippen LogP contribution in [0.5, 0.6) is 5.75 Å². The smallest absolute Gasteiger partial charge is 0.417 e. The summed E-state index contributed by atoms with van der Waals surface area (Å²) in [5, 5.41) is 21.1. The molecule has 0 unspecified atom stereocenters. The number of rotatable bonds is 21. The topological polar surface area (TPSA) is 434 Å². The van der Waals surface area contributed by atoms with Crippen molar-refractivity contribution in [2.24, 2.45) is 0 Å². The number of ketones is 4. The second-order valence-corrected chi connectivity index (χ2v) is 37.4. The fraction of sp³-hybridized carbons (Fsp3) is 0.0833. The van der Waals surface area contributed by atoms with E-state index in [2.05, 4.69) is 63.7 Å². The average Bonchev–Trinajstić information content (AvgIpc) is 1.57. The summed E-state index contributed by atoms with van der Waals surface area (Å²) in [4.78, 5) is 85.2. The molecule has 0 amide bonds. The summed E-state index contributed by atoms with van der Waals surface area (Å²) in [6.45, 7) is 4.11. The third kappa shape index (κ3) is 21.2. The molecule has 4 aliphatic rings. The van der Waals surface area contributed by atoms with E-state index in [1.807, 2.05) is 0 Å². The van der Waals surface area contributed by atoms with Crippen molar-refractivity contribution in [3.63, 3.8) is 0 Å². The minimum atomic E-state index is -4.86. The molecule has 0 saturated carbocycles. The Morgan fingerprint density at radius 2 is 0.774 bits per heavy atom. The SMILES string of the molecule is COc1cn(O)c2nccc-2c1C(=O)c1ncc(Cl)cc1NS(=O)(=O)c1ccc(C)c(C(F)(F)F)c1.Cc1cc(S(=O)(=O)Nc2cc(Cl)cnc2C(=O)c2ccnc3[nH]ccc23)ccc1Cl.Cc1ccc(S(=O)(=O)Nc2cc(Cl)cnc2C(=O)c2ccn(O)c3nccc2-3)cc1C(F)(F)F.O=C(c1ccc(Cl)cc1NS(=O)(=O)c1ccc(Cl)c(C(F)(F)F)c1)c1ccnc2[nH]ccc12. The number of carbonyl (C=O) groups is 4. The van der Waals surface area contributed by atoms with Crippen LogP contribution in [0, 0.1) is 20.8 Å². The van der Waals surface area contributed by atoms with E-state index in [0.29, 0.717) is 65.9 Å². The lowest BCUT2D eigenvalue weighted by Gasteiger charge is -2.17. The number of aromatic amines is 2. The number of carbonyl (C=O) groups excluding carboxylic acids is 4. The Hall–Kier alpha value is -13.5. The van der Waals surface area contributed by atoms with Crippen molar-refractivity contribution in [3.05, 3.63) is 328 Å². The third-order valence-electron chi connectivity index (χ3n) is 19.4. The van der Waals surface area contributed by atoms with Gasteiger partial charge in [-0.15, -0.1) is 0 Å². The maximum atomic E-state index is 13.5. The van der Waals surface area contributed by atoms with Crippen LogP contribution in [0.3, 0.4) is 0 Å². The highest BCUT2D eigenvalue weighted by molar-refractivity contribution is 7.93. The monoisotopic (exact) mass is 2020 g/mol. The third-order valence-corrected chi connectivity index (χ3v) is 26.4. The lowest BCUT2D eigenvalue weighted by Crippen LogP contribution is -2.19. The Labute approximate surface area is 775 Å². The van der Waals surface area contributed by atoms with Gasteiger partial charge in [-0.25, -0.2) is 68.6 Å². The predicted octanol–water partition coefficient (Wildman–Crippen LogP) is 19.8. The number of sulfonamides is 4. The maximum Gasteiger partial charge on any atom is 0.417 e. The van der Waals surface area contributed by atoms with Crippen LogP contribution in [-0.2, 0) is 58.6 Å². The van der Waals surface area contributed by atoms with Gasteiger partial charge in [-0.2, -0.15) is 49.0 Å². The molecule has 0 bridgehead atoms. The van der Waals surface area contributed by atoms with Gasteiger partial charge in [-0.05, 0) is 177 Å². The number of fused-ring (bicyclic) bond motifs is 4. The minimum Gasteiger partial charge on any atom is -0.494 e. The van der Waals surface area contributed by atoms with Gasteiger partial charge >= 0.3 is 18.5 Å². The first-order valence-electron chi connectivity index (χ1n) is 37.2. The Bertz CT molecular complexity index is 7780. The number of ether oxygens (including phenoxy) is 1. The van der Waals surface area contributed by atoms with Crippen LogP contribution >= 0.6 is 69.6 Å². The fourth-order valence-electron chi connectivity index (χ4n) is 13.0. The summed E-state index contributed by atoms with van der Waals surface area (Å²) in [5.74, 6) is -2.52. The largest absolute Gasteiger partial charge is 0.494 e. The van der Waals surface area contributed by atoms with E-state index < -0.39 is 124 Å². The molecule has 16 rings (SSSR count). The molecule has 0 radical (unpaired) electrons. The van der Waals surface area contributed by atoms with Gasteiger partial charge in [0.2, 0.25) is 17.3 Å². The van der Waals surface area contributed by atoms with Crippen molar-refractivity contribution in [2.45, 2.75) is 58.9 Å². The first kappa shape index (κ1) is 97.0. The molecule has 0 spiro atoms. The highest BCUT2D eigenvalue weighted by atomic mass is 35.5. The Kier molecular flexibility index (Phi) is 27.7. The summed E-state index contributed by atoms with van der Waals surface area (Å²) >= 11 is 35.5. The van der Waals surface area contributed by atoms with E-state index in [1.165, 1.54) is 125 Å². The molecule has 8 N–H and O–H groups in total. The van der Waals surface area contributed by atoms with E-state index in [-0.39, 0.29) is 121 Å². The second kappa shape index (κ2) is 38.0. The molecule has 7 aromatic heterocycles. The molecule has 5 aromatic carbocycles. The molecule has 12 aromatic rings. The van der Waals surface area contributed by atoms with Gasteiger partial charge < -0.3 is 25.1 Å². The number of pyridine rings is 7. The standard InChI is InChI=1S/C22H16ClF3N4O5S.C21H12Cl2F3N3O3S.C21H14ClF3N4O4S.C20H14Cl2N4O3S/c1-11-3-4-13(8-15(11)22(24,25)26)36(33,34)29-16-7-12(23)9-28-19(16)20(31)18-14-5-6-27-21(14)30(32)10-17(18)35-2;22-11-1-3-15(19(30)13-5-7-27-20-14(13)6-8-28-20)18(9-11)29-33(31,32)12-2-4-17(23)16(10-12)21(24,25)26;1-11-2-3-13(9-16(11)21(23,24)25)34(32,33)28-17-8-12(22)10-27-18(17)19(30)14-5-7-29(31)20-15(14)4-6-26-20;1-11-8-13(2-3-16(11)22)30(28,29)26-17-9-12(21)10-25-18(17)19(27)14-4-6-23-20-15(14)5-7-24-20/h3-10,29,32H,1-2H3;1-10,29H,(H,27,28);2-10,28,31H,1H3;2-10,26H,1H3,(H,23,24). The molecule has 30 nitrogen and oxygen atoms in total. The number of aromatic nitrogens is 11. The quantitative estimate of drug-likeness (QED) is 0.0188. The van der Waals surface area contributed by atoms with Gasteiger partial charge in [-0.3, -0.25) is 38.1 Å². The van der Waals surface area contributed by atoms with E-state index in [9.17, 15) is 103 Å². The van der Waals surface area contributed by atoms with E-state index >= 15 is 0 Å². The lowest BCUT2D eigenvalue weighted by atomic mass is 10.0. The lowest BCUT2D eigenvalue weighted by molar-refractivity contribution is -0.139. The zero-order valence-corrected chi connectivity index (χ0v) is 75.1. The van der Waals surface area contributed by atoms with Crippen molar-refractivity contribution >= 4 is 178 Å². The minimum absolute atomic E-state index is 0.000268. The Balaban J connectivity index is 0.000000151. The van der Waals surface area contributed by atoms with Crippen molar-refractivity contribution in [2.75, 3.05) is 26.0 Å². The van der Waals surface area contributed by atoms with Crippen molar-refractivity contribution < 1.29 is 108 Å². The van der Waals surface area contributed by atoms with Crippen LogP contribution in [0.1, 0.15) is 97.5 Å². The van der Waals surface area contributed by atoms with Gasteiger partial charge in [-0.1, -0.05) is 81.7 Å². The highest BCUT2D eigenvalue weighted by Gasteiger charge is 2.39. The molecular weight excluding hydrogens is 1970 g/mol. The van der Waals surface area contributed by atoms with Crippen LogP contribution in [0.15, 0.2) is 239 Å². The van der Waals surface area contributed by atoms with Crippen LogP contribution in [0.25, 0.3) is 44.8 Å². The molecule has 686 valence electrons. The maximum absolute atomic E-state index is 13.5. The van der Waals surface area contributed by atoms with E-state index in [0.717, 1.165) is 67.1 Å². The summed E-state index contributed by atoms with van der Waals surface area (Å²) in [7, 11) is -16.5. The number of benzene rings is 5. The molecule has 4 aliphatic heterocycles. The van der Waals surface area contributed by atoms with Crippen molar-refractivity contribution in [3.8, 4) is 28.5 Å². The number of nitrogens with one attached hydrogen (secondary N) is 6. The summed E-state index contributed by atoms with van der Waals surface area (Å²) < 4.78 is 238. The van der Waals surface area contributed by atoms with Gasteiger partial charge in [0.1, 0.15) is 28.4 Å². The van der Waals surface area contributed by atoms with Crippen LogP contribution in [0.2, 0.25) is 30.1 Å². The summed E-state index contributed by atoms with van der Waals surface area (Å²) in [6.07, 6.45) is 0.238. The number of hydrogen-bond donors (Lipinski definition) is 8. The van der Waals surface area contributed by atoms with E-state index in [1.54, 1.807) is 37.5 Å². The van der Waals surface area contributed by atoms with Crippen molar-refractivity contribution in [1.82, 2.24) is 54.3 Å². The summed E-state index contributed by atoms with van der Waals surface area (Å²) in [5.41, 5.74) is -3.08. The molecular formula is C84H56Cl6F9N15O15S4. The fourth-order valence-corrected chi connectivity index (χ4v) is 18.4. The van der Waals surface area contributed by atoms with Gasteiger partial charge in [0.05, 0.1) is 98.0 Å². The Morgan fingerprint density at radius 3 is 1.23 bits per heavy atom.